The highest BCUT2D eigenvalue weighted by atomic mass is 32.1. The van der Waals surface area contributed by atoms with E-state index < -0.39 is 22.9 Å². The van der Waals surface area contributed by atoms with Crippen LogP contribution in [-0.4, -0.2) is 22.8 Å². The van der Waals surface area contributed by atoms with Crippen LogP contribution in [0.4, 0.5) is 13.2 Å². The second kappa shape index (κ2) is 10.9. The zero-order valence-electron chi connectivity index (χ0n) is 21.5. The van der Waals surface area contributed by atoms with Crippen LogP contribution in [0.25, 0.3) is 34.3 Å². The Kier molecular flexibility index (Phi) is 7.36. The molecule has 0 saturated carbocycles. The maximum atomic E-state index is 14.1. The monoisotopic (exact) mass is 564 g/mol. The lowest BCUT2D eigenvalue weighted by Gasteiger charge is -2.18. The van der Waals surface area contributed by atoms with E-state index >= 15 is 0 Å². The van der Waals surface area contributed by atoms with E-state index in [-0.39, 0.29) is 46.7 Å². The molecule has 2 aromatic heterocycles. The number of halogens is 3. The second-order valence-corrected chi connectivity index (χ2v) is 10.1. The van der Waals surface area contributed by atoms with E-state index in [1.807, 2.05) is 19.1 Å². The summed E-state index contributed by atoms with van der Waals surface area (Å²) in [5.41, 5.74) is 1.60. The molecule has 0 aliphatic heterocycles. The molecule has 0 spiro atoms. The summed E-state index contributed by atoms with van der Waals surface area (Å²) >= 11 is 1.29. The fourth-order valence-corrected chi connectivity index (χ4v) is 5.24. The molecular weight excluding hydrogens is 541 g/mol. The summed E-state index contributed by atoms with van der Waals surface area (Å²) in [6.45, 7) is 5.65. The normalized spacial score (nSPS) is 12.0. The van der Waals surface area contributed by atoms with Crippen LogP contribution in [0, 0.1) is 17.5 Å². The number of hydrogen-bond acceptors (Lipinski definition) is 5. The number of nitrogens with one attached hydrogen (secondary N) is 1. The molecule has 1 N–H and O–H groups in total. The van der Waals surface area contributed by atoms with Gasteiger partial charge in [-0.1, -0.05) is 18.7 Å². The molecule has 0 amide bonds. The van der Waals surface area contributed by atoms with Gasteiger partial charge in [-0.3, -0.25) is 9.59 Å². The summed E-state index contributed by atoms with van der Waals surface area (Å²) < 4.78 is 56.0. The van der Waals surface area contributed by atoms with Crippen LogP contribution in [-0.2, 0) is 7.05 Å². The maximum absolute atomic E-state index is 14.1. The third-order valence-corrected chi connectivity index (χ3v) is 7.47. The summed E-state index contributed by atoms with van der Waals surface area (Å²) in [6.07, 6.45) is 0. The predicted molar refractivity (Wildman–Crippen MR) is 150 cm³/mol. The lowest BCUT2D eigenvalue weighted by Crippen LogP contribution is -2.22. The van der Waals surface area contributed by atoms with Gasteiger partial charge >= 0.3 is 0 Å². The molecule has 0 radical (unpaired) electrons. The van der Waals surface area contributed by atoms with Crippen molar-refractivity contribution in [1.29, 1.82) is 0 Å². The minimum Gasteiger partial charge on any atom is -0.490 e. The van der Waals surface area contributed by atoms with Crippen LogP contribution in [0.3, 0.4) is 0 Å². The molecule has 0 bridgehead atoms. The summed E-state index contributed by atoms with van der Waals surface area (Å²) in [6, 6.07) is 14.1. The van der Waals surface area contributed by atoms with Crippen LogP contribution in [0.2, 0.25) is 0 Å². The topological polar surface area (TPSA) is 73.3 Å². The Hall–Kier alpha value is -4.57. The third kappa shape index (κ3) is 5.17. The van der Waals surface area contributed by atoms with Crippen molar-refractivity contribution in [2.45, 2.75) is 6.92 Å². The Balaban J connectivity index is 1.39. The molecule has 2 heterocycles. The minimum atomic E-state index is -1.09. The number of pyridine rings is 1. The molecule has 0 aliphatic rings. The number of benzene rings is 3. The fraction of sp³-hybridized carbons (Fsp3) is 0.133. The summed E-state index contributed by atoms with van der Waals surface area (Å²) in [5, 5.41) is 0.212. The molecule has 204 valence electrons. The zero-order valence-corrected chi connectivity index (χ0v) is 22.3. The van der Waals surface area contributed by atoms with E-state index in [9.17, 15) is 22.8 Å². The quantitative estimate of drug-likeness (QED) is 0.297. The highest BCUT2D eigenvalue weighted by Crippen LogP contribution is 2.31. The largest absolute Gasteiger partial charge is 0.490 e. The number of rotatable bonds is 7. The Morgan fingerprint density at radius 2 is 1.68 bits per heavy atom. The van der Waals surface area contributed by atoms with Gasteiger partial charge in [0.25, 0.3) is 5.56 Å². The molecule has 6 nitrogen and oxygen atoms in total. The number of aromatic amines is 1. The van der Waals surface area contributed by atoms with Gasteiger partial charge in [0.1, 0.15) is 24.8 Å². The number of H-pyrrole nitrogens is 1. The van der Waals surface area contributed by atoms with Gasteiger partial charge in [0.2, 0.25) is 5.43 Å². The van der Waals surface area contributed by atoms with Crippen molar-refractivity contribution in [2.24, 2.45) is 7.05 Å². The first-order valence-electron chi connectivity index (χ1n) is 12.2. The number of aromatic nitrogens is 2. The predicted octanol–water partition coefficient (Wildman–Crippen LogP) is 4.46. The van der Waals surface area contributed by atoms with Crippen LogP contribution in [0.15, 0.2) is 70.3 Å². The molecule has 3 aromatic carbocycles. The third-order valence-electron chi connectivity index (χ3n) is 6.43. The Labute approximate surface area is 229 Å². The van der Waals surface area contributed by atoms with Crippen LogP contribution < -0.4 is 29.7 Å². The van der Waals surface area contributed by atoms with E-state index in [2.05, 4.69) is 11.6 Å². The smallest absolute Gasteiger partial charge is 0.266 e. The molecule has 40 heavy (non-hydrogen) atoms. The van der Waals surface area contributed by atoms with E-state index in [0.717, 1.165) is 23.3 Å². The lowest BCUT2D eigenvalue weighted by atomic mass is 10.1. The standard InChI is InChI=1S/C30H23F3N2O4S/c1-16(29-30(37)34-17(2)40-29)18-4-8-21(9-5-18)38-12-13-39-28-26(19-6-11-23(32)24(33)14-19)35(3)25-15-20(31)7-10-22(25)27(28)36/h4-11,14-15H,2,12-13H2,1,3H3,(H,34,37)/b29-16+. The van der Waals surface area contributed by atoms with Gasteiger partial charge in [0, 0.05) is 18.0 Å². The number of aryl methyl sites for hydroxylation is 1. The van der Waals surface area contributed by atoms with Gasteiger partial charge in [-0.25, -0.2) is 13.2 Å². The van der Waals surface area contributed by atoms with E-state index in [4.69, 9.17) is 9.47 Å². The Bertz CT molecular complexity index is 1980. The first-order chi connectivity index (χ1) is 19.1. The van der Waals surface area contributed by atoms with Crippen LogP contribution in [0.5, 0.6) is 11.5 Å². The van der Waals surface area contributed by atoms with E-state index in [1.165, 1.54) is 40.2 Å². The highest BCUT2D eigenvalue weighted by molar-refractivity contribution is 7.07. The molecule has 0 aliphatic carbocycles. The first kappa shape index (κ1) is 27.0. The summed E-state index contributed by atoms with van der Waals surface area (Å²) in [5.74, 6) is -2.23. The molecule has 5 rings (SSSR count). The van der Waals surface area contributed by atoms with Gasteiger partial charge in [-0.2, -0.15) is 0 Å². The molecule has 0 unspecified atom stereocenters. The molecule has 0 saturated heterocycles. The molecular formula is C30H23F3N2O4S. The van der Waals surface area contributed by atoms with Crippen molar-refractivity contribution in [1.82, 2.24) is 9.55 Å². The van der Waals surface area contributed by atoms with Gasteiger partial charge in [0.05, 0.1) is 20.4 Å². The van der Waals surface area contributed by atoms with Crippen LogP contribution in [0.1, 0.15) is 12.5 Å². The van der Waals surface area contributed by atoms with Crippen LogP contribution >= 0.6 is 11.3 Å². The van der Waals surface area contributed by atoms with Gasteiger partial charge in [-0.05, 0) is 66.6 Å². The fourth-order valence-electron chi connectivity index (χ4n) is 4.44. The highest BCUT2D eigenvalue weighted by Gasteiger charge is 2.20. The number of fused-ring (bicyclic) bond motifs is 1. The summed E-state index contributed by atoms with van der Waals surface area (Å²) in [7, 11) is 1.59. The molecule has 5 aromatic rings. The summed E-state index contributed by atoms with van der Waals surface area (Å²) in [4.78, 5) is 28.1. The SMILES string of the molecule is C=c1[nH]c(=O)/c(=C(/C)c2ccc(OCCOc3c(-c4ccc(F)c(F)c4)n(C)c4cc(F)ccc4c3=O)cc2)s1. The number of nitrogens with zero attached hydrogens (tertiary/aromatic N) is 1. The Morgan fingerprint density at radius 1 is 0.950 bits per heavy atom. The van der Waals surface area contributed by atoms with Crippen molar-refractivity contribution in [2.75, 3.05) is 13.2 Å². The van der Waals surface area contributed by atoms with Gasteiger partial charge < -0.3 is 19.0 Å². The van der Waals surface area contributed by atoms with Gasteiger partial charge in [-0.15, -0.1) is 11.3 Å². The molecule has 0 fully saturated rings. The van der Waals surface area contributed by atoms with E-state index in [0.29, 0.717) is 14.9 Å². The Morgan fingerprint density at radius 3 is 2.35 bits per heavy atom. The zero-order chi connectivity index (χ0) is 28.6. The van der Waals surface area contributed by atoms with Gasteiger partial charge in [0.15, 0.2) is 17.4 Å². The number of ether oxygens (including phenoxy) is 2. The average Bonchev–Trinajstić information content (AvgIpc) is 3.28. The molecule has 0 atom stereocenters. The second-order valence-electron chi connectivity index (χ2n) is 9.01. The van der Waals surface area contributed by atoms with Crippen molar-refractivity contribution in [3.63, 3.8) is 0 Å². The number of thiazole rings is 1. The average molecular weight is 565 g/mol. The van der Waals surface area contributed by atoms with Crippen molar-refractivity contribution < 1.29 is 22.6 Å². The lowest BCUT2D eigenvalue weighted by molar-refractivity contribution is 0.216. The molecule has 10 heteroatoms. The maximum Gasteiger partial charge on any atom is 0.266 e. The van der Waals surface area contributed by atoms with Crippen molar-refractivity contribution in [3.05, 3.63) is 113 Å². The minimum absolute atomic E-state index is 0.0393. The number of hydrogen-bond donors (Lipinski definition) is 1. The first-order valence-corrected chi connectivity index (χ1v) is 13.0. The van der Waals surface area contributed by atoms with E-state index in [1.54, 1.807) is 19.2 Å². The van der Waals surface area contributed by atoms with Crippen molar-refractivity contribution in [3.8, 4) is 22.8 Å². The van der Waals surface area contributed by atoms with Crippen molar-refractivity contribution >= 4 is 34.4 Å².